The van der Waals surface area contributed by atoms with Crippen LogP contribution >= 0.6 is 0 Å². The Morgan fingerprint density at radius 2 is 1.81 bits per heavy atom. The number of aryl methyl sites for hydroxylation is 2. The molecule has 0 spiro atoms. The zero-order valence-corrected chi connectivity index (χ0v) is 16.0. The topological polar surface area (TPSA) is 84.7 Å². The van der Waals surface area contributed by atoms with E-state index in [1.165, 1.54) is 23.8 Å². The molecular weight excluding hydrogens is 342 g/mol. The van der Waals surface area contributed by atoms with Gasteiger partial charge in [0.1, 0.15) is 0 Å². The summed E-state index contributed by atoms with van der Waals surface area (Å²) < 4.78 is 3.29. The minimum Gasteiger partial charge on any atom is -0.352 e. The van der Waals surface area contributed by atoms with E-state index in [9.17, 15) is 9.59 Å². The van der Waals surface area contributed by atoms with E-state index in [1.54, 1.807) is 7.05 Å². The van der Waals surface area contributed by atoms with Crippen molar-refractivity contribution in [3.05, 3.63) is 56.7 Å². The van der Waals surface area contributed by atoms with E-state index >= 15 is 0 Å². The Labute approximate surface area is 158 Å². The summed E-state index contributed by atoms with van der Waals surface area (Å²) in [5, 5.41) is 3.33. The second kappa shape index (κ2) is 8.70. The van der Waals surface area contributed by atoms with Crippen LogP contribution in [0.15, 0.2) is 39.9 Å². The number of rotatable bonds is 9. The smallest absolute Gasteiger partial charge is 0.329 e. The number of nitrogens with one attached hydrogen (secondary N) is 2. The molecule has 0 aliphatic rings. The van der Waals surface area contributed by atoms with Crippen molar-refractivity contribution in [2.75, 3.05) is 5.32 Å². The fraction of sp³-hybridized carbons (Fsp3) is 0.450. The predicted molar refractivity (Wildman–Crippen MR) is 108 cm³/mol. The highest BCUT2D eigenvalue weighted by molar-refractivity contribution is 5.74. The number of aromatic nitrogens is 4. The van der Waals surface area contributed by atoms with Gasteiger partial charge < -0.3 is 9.88 Å². The lowest BCUT2D eigenvalue weighted by atomic mass is 10.1. The SMILES string of the molecule is CCCCCCCn1c(NCc2ccccc2)nc2c1c(=O)[nH]c(=O)n2C. The second-order valence-corrected chi connectivity index (χ2v) is 6.83. The van der Waals surface area contributed by atoms with Crippen molar-refractivity contribution in [2.24, 2.45) is 7.05 Å². The van der Waals surface area contributed by atoms with Crippen molar-refractivity contribution in [1.29, 1.82) is 0 Å². The lowest BCUT2D eigenvalue weighted by Crippen LogP contribution is -2.29. The van der Waals surface area contributed by atoms with Crippen LogP contribution in [0.2, 0.25) is 0 Å². The van der Waals surface area contributed by atoms with Crippen molar-refractivity contribution in [1.82, 2.24) is 19.1 Å². The number of hydrogen-bond donors (Lipinski definition) is 2. The zero-order valence-electron chi connectivity index (χ0n) is 16.0. The Kier molecular flexibility index (Phi) is 6.11. The number of aromatic amines is 1. The molecule has 0 amide bonds. The highest BCUT2D eigenvalue weighted by Crippen LogP contribution is 2.18. The molecule has 2 aromatic heterocycles. The van der Waals surface area contributed by atoms with Gasteiger partial charge in [0.25, 0.3) is 5.56 Å². The van der Waals surface area contributed by atoms with Gasteiger partial charge in [0, 0.05) is 20.1 Å². The van der Waals surface area contributed by atoms with Gasteiger partial charge in [0.15, 0.2) is 11.2 Å². The first-order valence-corrected chi connectivity index (χ1v) is 9.59. The van der Waals surface area contributed by atoms with E-state index in [0.29, 0.717) is 30.2 Å². The molecule has 0 aliphatic heterocycles. The van der Waals surface area contributed by atoms with Crippen molar-refractivity contribution >= 4 is 17.1 Å². The molecule has 0 saturated carbocycles. The van der Waals surface area contributed by atoms with Crippen LogP contribution in [-0.4, -0.2) is 19.1 Å². The van der Waals surface area contributed by atoms with Crippen LogP contribution < -0.4 is 16.6 Å². The molecule has 2 heterocycles. The number of fused-ring (bicyclic) bond motifs is 1. The van der Waals surface area contributed by atoms with Crippen LogP contribution in [0.25, 0.3) is 11.2 Å². The molecule has 0 atom stereocenters. The molecular formula is C20H27N5O2. The molecule has 0 fully saturated rings. The number of nitrogens with zero attached hydrogens (tertiary/aromatic N) is 3. The number of imidazole rings is 1. The lowest BCUT2D eigenvalue weighted by molar-refractivity contribution is 0.576. The van der Waals surface area contributed by atoms with Gasteiger partial charge in [-0.15, -0.1) is 0 Å². The monoisotopic (exact) mass is 369 g/mol. The van der Waals surface area contributed by atoms with Gasteiger partial charge in [-0.05, 0) is 12.0 Å². The Morgan fingerprint density at radius 3 is 2.56 bits per heavy atom. The number of benzene rings is 1. The summed E-state index contributed by atoms with van der Waals surface area (Å²) in [5.74, 6) is 0.621. The van der Waals surface area contributed by atoms with E-state index in [4.69, 9.17) is 0 Å². The van der Waals surface area contributed by atoms with Gasteiger partial charge in [-0.25, -0.2) is 4.79 Å². The van der Waals surface area contributed by atoms with Crippen LogP contribution in [0.5, 0.6) is 0 Å². The second-order valence-electron chi connectivity index (χ2n) is 6.83. The largest absolute Gasteiger partial charge is 0.352 e. The predicted octanol–water partition coefficient (Wildman–Crippen LogP) is 3.01. The van der Waals surface area contributed by atoms with Crippen LogP contribution in [0.4, 0.5) is 5.95 Å². The minimum atomic E-state index is -0.449. The third-order valence-corrected chi connectivity index (χ3v) is 4.79. The third-order valence-electron chi connectivity index (χ3n) is 4.79. The van der Waals surface area contributed by atoms with Gasteiger partial charge in [0.05, 0.1) is 0 Å². The molecule has 7 nitrogen and oxygen atoms in total. The molecule has 0 radical (unpaired) electrons. The fourth-order valence-electron chi connectivity index (χ4n) is 3.24. The average Bonchev–Trinajstić information content (AvgIpc) is 3.04. The maximum Gasteiger partial charge on any atom is 0.329 e. The number of unbranched alkanes of at least 4 members (excludes halogenated alkanes) is 4. The summed E-state index contributed by atoms with van der Waals surface area (Å²) in [6, 6.07) is 10.0. The number of H-pyrrole nitrogens is 1. The summed E-state index contributed by atoms with van der Waals surface area (Å²) in [5.41, 5.74) is 1.15. The molecule has 0 bridgehead atoms. The molecule has 3 rings (SSSR count). The summed E-state index contributed by atoms with van der Waals surface area (Å²) >= 11 is 0. The summed E-state index contributed by atoms with van der Waals surface area (Å²) in [6.45, 7) is 3.49. The highest BCUT2D eigenvalue weighted by atomic mass is 16.2. The van der Waals surface area contributed by atoms with E-state index < -0.39 is 5.69 Å². The van der Waals surface area contributed by atoms with Crippen LogP contribution in [-0.2, 0) is 20.1 Å². The first-order valence-electron chi connectivity index (χ1n) is 9.59. The molecule has 1 aromatic carbocycles. The van der Waals surface area contributed by atoms with E-state index in [0.717, 1.165) is 18.4 Å². The molecule has 27 heavy (non-hydrogen) atoms. The third kappa shape index (κ3) is 4.30. The van der Waals surface area contributed by atoms with Gasteiger partial charge >= 0.3 is 5.69 Å². The highest BCUT2D eigenvalue weighted by Gasteiger charge is 2.16. The van der Waals surface area contributed by atoms with E-state index in [-0.39, 0.29) is 5.56 Å². The number of anilines is 1. The van der Waals surface area contributed by atoms with Crippen LogP contribution in [0, 0.1) is 0 Å². The van der Waals surface area contributed by atoms with Crippen molar-refractivity contribution < 1.29 is 0 Å². The standard InChI is InChI=1S/C20H27N5O2/c1-3-4-5-6-10-13-25-16-17(24(2)20(27)23-18(16)26)22-19(25)21-14-15-11-8-7-9-12-15/h7-9,11-12H,3-6,10,13-14H2,1-2H3,(H,21,22)(H,23,26,27). The quantitative estimate of drug-likeness (QED) is 0.568. The van der Waals surface area contributed by atoms with Gasteiger partial charge in [-0.2, -0.15) is 4.98 Å². The van der Waals surface area contributed by atoms with Crippen molar-refractivity contribution in [2.45, 2.75) is 52.1 Å². The molecule has 3 aromatic rings. The molecule has 0 saturated heterocycles. The van der Waals surface area contributed by atoms with Crippen LogP contribution in [0.1, 0.15) is 44.6 Å². The Morgan fingerprint density at radius 1 is 1.07 bits per heavy atom. The van der Waals surface area contributed by atoms with E-state index in [1.807, 2.05) is 34.9 Å². The minimum absolute atomic E-state index is 0.387. The van der Waals surface area contributed by atoms with E-state index in [2.05, 4.69) is 22.2 Å². The van der Waals surface area contributed by atoms with Crippen molar-refractivity contribution in [3.63, 3.8) is 0 Å². The summed E-state index contributed by atoms with van der Waals surface area (Å²) in [6.07, 6.45) is 5.67. The molecule has 2 N–H and O–H groups in total. The molecule has 7 heteroatoms. The number of hydrogen-bond acceptors (Lipinski definition) is 4. The zero-order chi connectivity index (χ0) is 19.2. The van der Waals surface area contributed by atoms with Crippen LogP contribution in [0.3, 0.4) is 0 Å². The Balaban J connectivity index is 1.91. The van der Waals surface area contributed by atoms with Crippen molar-refractivity contribution in [3.8, 4) is 0 Å². The van der Waals surface area contributed by atoms with Gasteiger partial charge in [-0.1, -0.05) is 62.9 Å². The molecule has 0 unspecified atom stereocenters. The maximum atomic E-state index is 12.4. The molecule has 144 valence electrons. The lowest BCUT2D eigenvalue weighted by Gasteiger charge is -2.10. The summed E-state index contributed by atoms with van der Waals surface area (Å²) in [4.78, 5) is 31.3. The first kappa shape index (κ1) is 18.9. The van der Waals surface area contributed by atoms with Gasteiger partial charge in [0.2, 0.25) is 5.95 Å². The summed E-state index contributed by atoms with van der Waals surface area (Å²) in [7, 11) is 1.63. The van der Waals surface area contributed by atoms with Gasteiger partial charge in [-0.3, -0.25) is 14.3 Å². The molecule has 0 aliphatic carbocycles. The normalized spacial score (nSPS) is 11.2. The maximum absolute atomic E-state index is 12.4. The first-order chi connectivity index (χ1) is 13.1. The Hall–Kier alpha value is -2.83. The average molecular weight is 369 g/mol. The Bertz CT molecular complexity index is 1000. The fourth-order valence-corrected chi connectivity index (χ4v) is 3.24.